The topological polar surface area (TPSA) is 92.5 Å². The van der Waals surface area contributed by atoms with Gasteiger partial charge >= 0.3 is 5.97 Å². The maximum atomic E-state index is 12.3. The van der Waals surface area contributed by atoms with E-state index in [0.717, 1.165) is 0 Å². The lowest BCUT2D eigenvalue weighted by Crippen LogP contribution is -2.30. The summed E-state index contributed by atoms with van der Waals surface area (Å²) in [5.74, 6) is -1.58. The minimum absolute atomic E-state index is 0.0200. The number of hydrogen-bond donors (Lipinski definition) is 1. The van der Waals surface area contributed by atoms with Crippen molar-refractivity contribution in [1.82, 2.24) is 13.9 Å². The van der Waals surface area contributed by atoms with Crippen LogP contribution < -0.4 is 0 Å². The number of aliphatic carboxylic acids is 1. The van der Waals surface area contributed by atoms with Gasteiger partial charge in [-0.15, -0.1) is 0 Å². The van der Waals surface area contributed by atoms with Crippen LogP contribution in [0.3, 0.4) is 0 Å². The van der Waals surface area contributed by atoms with Crippen LogP contribution in [0.4, 0.5) is 0 Å². The largest absolute Gasteiger partial charge is 0.481 e. The van der Waals surface area contributed by atoms with Crippen molar-refractivity contribution >= 4 is 16.0 Å². The van der Waals surface area contributed by atoms with E-state index in [1.807, 2.05) is 13.8 Å². The van der Waals surface area contributed by atoms with Crippen LogP contribution in [0.15, 0.2) is 17.6 Å². The zero-order valence-corrected chi connectivity index (χ0v) is 11.7. The summed E-state index contributed by atoms with van der Waals surface area (Å²) in [5, 5.41) is 8.88. The average Bonchev–Trinajstić information content (AvgIpc) is 2.99. The van der Waals surface area contributed by atoms with E-state index in [1.165, 1.54) is 16.8 Å². The van der Waals surface area contributed by atoms with Gasteiger partial charge in [-0.2, -0.15) is 4.31 Å². The molecule has 1 aromatic heterocycles. The van der Waals surface area contributed by atoms with Gasteiger partial charge in [0.25, 0.3) is 10.0 Å². The van der Waals surface area contributed by atoms with Crippen molar-refractivity contribution in [1.29, 1.82) is 0 Å². The number of carboxylic acids is 1. The normalized spacial score (nSPS) is 21.1. The fourth-order valence-corrected chi connectivity index (χ4v) is 3.44. The Morgan fingerprint density at radius 2 is 2.21 bits per heavy atom. The number of rotatable bonds is 4. The summed E-state index contributed by atoms with van der Waals surface area (Å²) < 4.78 is 27.5. The van der Waals surface area contributed by atoms with E-state index >= 15 is 0 Å². The summed E-state index contributed by atoms with van der Waals surface area (Å²) in [4.78, 5) is 14.8. The summed E-state index contributed by atoms with van der Waals surface area (Å²) in [6, 6.07) is 0.127. The quantitative estimate of drug-likeness (QED) is 0.873. The minimum Gasteiger partial charge on any atom is -0.481 e. The van der Waals surface area contributed by atoms with Gasteiger partial charge in [-0.1, -0.05) is 0 Å². The molecule has 0 saturated carbocycles. The molecule has 106 valence electrons. The van der Waals surface area contributed by atoms with E-state index in [1.54, 1.807) is 4.57 Å². The minimum atomic E-state index is -3.68. The maximum absolute atomic E-state index is 12.3. The van der Waals surface area contributed by atoms with E-state index in [-0.39, 0.29) is 24.2 Å². The van der Waals surface area contributed by atoms with Crippen molar-refractivity contribution in [3.63, 3.8) is 0 Å². The fourth-order valence-electron chi connectivity index (χ4n) is 2.01. The molecule has 0 bridgehead atoms. The first kappa shape index (κ1) is 14.0. The third kappa shape index (κ3) is 2.64. The number of nitrogens with zero attached hydrogens (tertiary/aromatic N) is 3. The number of carbonyl (C=O) groups is 1. The van der Waals surface area contributed by atoms with Crippen LogP contribution in [0.2, 0.25) is 0 Å². The molecule has 0 spiro atoms. The Hall–Kier alpha value is -1.41. The second-order valence-corrected chi connectivity index (χ2v) is 6.82. The highest BCUT2D eigenvalue weighted by molar-refractivity contribution is 7.89. The molecular weight excluding hydrogens is 270 g/mol. The van der Waals surface area contributed by atoms with Gasteiger partial charge in [-0.05, 0) is 20.3 Å². The van der Waals surface area contributed by atoms with Crippen molar-refractivity contribution in [3.05, 3.63) is 12.5 Å². The van der Waals surface area contributed by atoms with Crippen LogP contribution in [-0.4, -0.2) is 46.4 Å². The number of aromatic nitrogens is 2. The third-order valence-corrected chi connectivity index (χ3v) is 5.03. The van der Waals surface area contributed by atoms with Gasteiger partial charge in [0.15, 0.2) is 5.03 Å². The molecule has 2 heterocycles. The molecule has 2 rings (SSSR count). The molecule has 1 aromatic rings. The molecule has 1 saturated heterocycles. The average molecular weight is 287 g/mol. The van der Waals surface area contributed by atoms with Crippen LogP contribution in [0.1, 0.15) is 26.3 Å². The van der Waals surface area contributed by atoms with Crippen LogP contribution in [0.5, 0.6) is 0 Å². The number of carboxylic acid groups (broad SMARTS) is 1. The zero-order valence-electron chi connectivity index (χ0n) is 10.9. The summed E-state index contributed by atoms with van der Waals surface area (Å²) in [7, 11) is -3.68. The van der Waals surface area contributed by atoms with Gasteiger partial charge in [0.05, 0.1) is 12.2 Å². The lowest BCUT2D eigenvalue weighted by atomic mass is 10.1. The lowest BCUT2D eigenvalue weighted by Gasteiger charge is -2.13. The molecule has 0 amide bonds. The predicted octanol–water partition coefficient (Wildman–Crippen LogP) is 0.559. The Morgan fingerprint density at radius 1 is 1.53 bits per heavy atom. The SMILES string of the molecule is CC(C)n1cnc(S(=O)(=O)N2CCC(C(=O)O)C2)c1. The highest BCUT2D eigenvalue weighted by Gasteiger charge is 2.36. The molecule has 1 unspecified atom stereocenters. The molecule has 1 atom stereocenters. The molecule has 0 radical (unpaired) electrons. The van der Waals surface area contributed by atoms with Crippen LogP contribution >= 0.6 is 0 Å². The monoisotopic (exact) mass is 287 g/mol. The van der Waals surface area contributed by atoms with Gasteiger partial charge in [0, 0.05) is 25.3 Å². The molecule has 7 nitrogen and oxygen atoms in total. The Kier molecular flexibility index (Phi) is 3.64. The number of hydrogen-bond acceptors (Lipinski definition) is 4. The second-order valence-electron chi connectivity index (χ2n) is 4.94. The summed E-state index contributed by atoms with van der Waals surface area (Å²) >= 11 is 0. The molecule has 8 heteroatoms. The first-order chi connectivity index (χ1) is 8.82. The molecular formula is C11H17N3O4S. The van der Waals surface area contributed by atoms with Gasteiger partial charge in [0.2, 0.25) is 0 Å². The molecule has 0 aliphatic carbocycles. The Balaban J connectivity index is 2.21. The van der Waals surface area contributed by atoms with Crippen LogP contribution in [0.25, 0.3) is 0 Å². The van der Waals surface area contributed by atoms with E-state index in [0.29, 0.717) is 6.42 Å². The highest BCUT2D eigenvalue weighted by atomic mass is 32.2. The van der Waals surface area contributed by atoms with Crippen LogP contribution in [0, 0.1) is 5.92 Å². The van der Waals surface area contributed by atoms with E-state index < -0.39 is 21.9 Å². The third-order valence-electron chi connectivity index (χ3n) is 3.28. The first-order valence-electron chi connectivity index (χ1n) is 6.09. The van der Waals surface area contributed by atoms with Crippen molar-refractivity contribution in [2.75, 3.05) is 13.1 Å². The van der Waals surface area contributed by atoms with Crippen molar-refractivity contribution in [3.8, 4) is 0 Å². The van der Waals surface area contributed by atoms with E-state index in [9.17, 15) is 13.2 Å². The van der Waals surface area contributed by atoms with Crippen molar-refractivity contribution in [2.24, 2.45) is 5.92 Å². The molecule has 1 N–H and O–H groups in total. The van der Waals surface area contributed by atoms with E-state index in [2.05, 4.69) is 4.98 Å². The standard InChI is InChI=1S/C11H17N3O4S/c1-8(2)13-6-10(12-7-13)19(17,18)14-4-3-9(5-14)11(15)16/h6-9H,3-5H2,1-2H3,(H,15,16). The van der Waals surface area contributed by atoms with Crippen LogP contribution in [-0.2, 0) is 14.8 Å². The fraction of sp³-hybridized carbons (Fsp3) is 0.636. The summed E-state index contributed by atoms with van der Waals surface area (Å²) in [6.07, 6.45) is 3.30. The molecule has 1 aliphatic heterocycles. The van der Waals surface area contributed by atoms with Gasteiger partial charge in [-0.25, -0.2) is 13.4 Å². The number of imidazole rings is 1. The predicted molar refractivity (Wildman–Crippen MR) is 67.1 cm³/mol. The Labute approximate surface area is 111 Å². The first-order valence-corrected chi connectivity index (χ1v) is 7.53. The van der Waals surface area contributed by atoms with Crippen molar-refractivity contribution < 1.29 is 18.3 Å². The maximum Gasteiger partial charge on any atom is 0.307 e. The Morgan fingerprint density at radius 3 is 2.68 bits per heavy atom. The number of sulfonamides is 1. The zero-order chi connectivity index (χ0) is 14.2. The highest BCUT2D eigenvalue weighted by Crippen LogP contribution is 2.24. The molecule has 1 aliphatic rings. The Bertz CT molecular complexity index is 579. The van der Waals surface area contributed by atoms with Crippen molar-refractivity contribution in [2.45, 2.75) is 31.3 Å². The van der Waals surface area contributed by atoms with Gasteiger partial charge in [0.1, 0.15) is 0 Å². The van der Waals surface area contributed by atoms with E-state index in [4.69, 9.17) is 5.11 Å². The second kappa shape index (κ2) is 4.93. The summed E-state index contributed by atoms with van der Waals surface area (Å²) in [5.41, 5.74) is 0. The summed E-state index contributed by atoms with van der Waals surface area (Å²) in [6.45, 7) is 4.10. The smallest absolute Gasteiger partial charge is 0.307 e. The molecule has 1 fully saturated rings. The molecule has 0 aromatic carbocycles. The van der Waals surface area contributed by atoms with Gasteiger partial charge in [-0.3, -0.25) is 4.79 Å². The van der Waals surface area contributed by atoms with Gasteiger partial charge < -0.3 is 9.67 Å². The lowest BCUT2D eigenvalue weighted by molar-refractivity contribution is -0.141. The molecule has 19 heavy (non-hydrogen) atoms.